The third-order valence-corrected chi connectivity index (χ3v) is 5.62. The molecule has 1 atom stereocenters. The Morgan fingerprint density at radius 3 is 2.84 bits per heavy atom. The molecule has 0 saturated carbocycles. The largest absolute Gasteiger partial charge is 0.497 e. The molecule has 0 saturated heterocycles. The molecule has 0 radical (unpaired) electrons. The molecule has 3 nitrogen and oxygen atoms in total. The van der Waals surface area contributed by atoms with E-state index >= 15 is 0 Å². The lowest BCUT2D eigenvalue weighted by Crippen LogP contribution is -2.10. The fraction of sp³-hybridized carbons (Fsp3) is 0.154. The zero-order valence-corrected chi connectivity index (χ0v) is 13.3. The number of thiophene rings is 1. The number of hydrogen-bond donors (Lipinski definition) is 0. The van der Waals surface area contributed by atoms with Gasteiger partial charge in [-0.15, -0.1) is 11.3 Å². The van der Waals surface area contributed by atoms with Crippen LogP contribution in [-0.4, -0.2) is 22.9 Å². The van der Waals surface area contributed by atoms with Crippen molar-refractivity contribution in [2.24, 2.45) is 0 Å². The van der Waals surface area contributed by atoms with E-state index in [-0.39, 0.29) is 11.5 Å². The number of rotatable bonds is 5. The van der Waals surface area contributed by atoms with E-state index in [1.165, 1.54) is 11.3 Å². The van der Waals surface area contributed by atoms with E-state index in [1.54, 1.807) is 31.4 Å². The SMILES string of the molecule is COc1cccc(S(=O)CC(=O)c2sccc2Br)c1. The number of carbonyl (C=O) groups excluding carboxylic acids is 1. The van der Waals surface area contributed by atoms with Gasteiger partial charge >= 0.3 is 0 Å². The molecule has 0 aliphatic heterocycles. The minimum atomic E-state index is -1.36. The average molecular weight is 359 g/mol. The second kappa shape index (κ2) is 6.45. The quantitative estimate of drug-likeness (QED) is 0.768. The Balaban J connectivity index is 2.13. The normalized spacial score (nSPS) is 12.1. The molecule has 1 aromatic carbocycles. The van der Waals surface area contributed by atoms with Crippen LogP contribution >= 0.6 is 27.3 Å². The van der Waals surface area contributed by atoms with E-state index in [0.29, 0.717) is 15.5 Å². The molecule has 1 unspecified atom stereocenters. The standard InChI is InChI=1S/C13H11BrO3S2/c1-17-9-3-2-4-10(7-9)19(16)8-12(15)13-11(14)5-6-18-13/h2-7H,8H2,1H3. The van der Waals surface area contributed by atoms with Gasteiger partial charge in [0.2, 0.25) is 0 Å². The van der Waals surface area contributed by atoms with E-state index < -0.39 is 10.8 Å². The molecule has 0 amide bonds. The van der Waals surface area contributed by atoms with Gasteiger partial charge in [0, 0.05) is 9.37 Å². The highest BCUT2D eigenvalue weighted by molar-refractivity contribution is 9.10. The third-order valence-electron chi connectivity index (χ3n) is 2.44. The predicted octanol–water partition coefficient (Wildman–Crippen LogP) is 3.51. The molecule has 0 aliphatic rings. The van der Waals surface area contributed by atoms with Crippen LogP contribution in [0.5, 0.6) is 5.75 Å². The summed E-state index contributed by atoms with van der Waals surface area (Å²) in [5.41, 5.74) is 0. The van der Waals surface area contributed by atoms with Crippen LogP contribution < -0.4 is 4.74 Å². The number of halogens is 1. The zero-order valence-electron chi connectivity index (χ0n) is 10.1. The van der Waals surface area contributed by atoms with E-state index in [9.17, 15) is 9.00 Å². The van der Waals surface area contributed by atoms with E-state index in [4.69, 9.17) is 4.74 Å². The molecule has 0 bridgehead atoms. The number of carbonyl (C=O) groups is 1. The van der Waals surface area contributed by atoms with Crippen LogP contribution in [0, 0.1) is 0 Å². The fourth-order valence-electron chi connectivity index (χ4n) is 1.50. The summed E-state index contributed by atoms with van der Waals surface area (Å²) in [7, 11) is 0.190. The maximum absolute atomic E-state index is 12.2. The van der Waals surface area contributed by atoms with Crippen LogP contribution in [0.1, 0.15) is 9.67 Å². The first-order valence-corrected chi connectivity index (χ1v) is 8.39. The summed E-state index contributed by atoms with van der Waals surface area (Å²) in [6, 6.07) is 8.77. The first-order valence-electron chi connectivity index (χ1n) is 5.40. The molecule has 0 spiro atoms. The number of hydrogen-bond acceptors (Lipinski definition) is 4. The monoisotopic (exact) mass is 358 g/mol. The second-order valence-electron chi connectivity index (χ2n) is 3.69. The molecule has 2 aromatic rings. The Labute approximate surface area is 126 Å². The number of Topliss-reactive ketones (excluding diaryl/α,β-unsaturated/α-hetero) is 1. The smallest absolute Gasteiger partial charge is 0.186 e. The zero-order chi connectivity index (χ0) is 13.8. The topological polar surface area (TPSA) is 43.4 Å². The Kier molecular flexibility index (Phi) is 4.90. The summed E-state index contributed by atoms with van der Waals surface area (Å²) in [5, 5.41) is 1.83. The van der Waals surface area contributed by atoms with Crippen LogP contribution in [0.3, 0.4) is 0 Å². The van der Waals surface area contributed by atoms with Gasteiger partial charge in [-0.1, -0.05) is 6.07 Å². The van der Waals surface area contributed by atoms with E-state index in [2.05, 4.69) is 15.9 Å². The second-order valence-corrected chi connectivity index (χ2v) is 6.91. The van der Waals surface area contributed by atoms with E-state index in [1.807, 2.05) is 11.4 Å². The van der Waals surface area contributed by atoms with Crippen LogP contribution in [-0.2, 0) is 10.8 Å². The Morgan fingerprint density at radius 1 is 1.42 bits per heavy atom. The molecule has 0 fully saturated rings. The van der Waals surface area contributed by atoms with Crippen molar-refractivity contribution in [2.45, 2.75) is 4.90 Å². The first kappa shape index (κ1) is 14.4. The molecule has 1 aromatic heterocycles. The highest BCUT2D eigenvalue weighted by Crippen LogP contribution is 2.24. The first-order chi connectivity index (χ1) is 9.11. The predicted molar refractivity (Wildman–Crippen MR) is 80.6 cm³/mol. The fourth-order valence-corrected chi connectivity index (χ4v) is 4.15. The van der Waals surface area contributed by atoms with Crippen LogP contribution in [0.4, 0.5) is 0 Å². The molecule has 0 N–H and O–H groups in total. The van der Waals surface area contributed by atoms with Gasteiger partial charge in [-0.2, -0.15) is 0 Å². The van der Waals surface area contributed by atoms with Crippen LogP contribution in [0.2, 0.25) is 0 Å². The lowest BCUT2D eigenvalue weighted by molar-refractivity contribution is 0.102. The minimum absolute atomic E-state index is 0.0215. The van der Waals surface area contributed by atoms with Crippen LogP contribution in [0.15, 0.2) is 45.1 Å². The Morgan fingerprint density at radius 2 is 2.21 bits per heavy atom. The van der Waals surface area contributed by atoms with Gasteiger partial charge in [0.05, 0.1) is 28.5 Å². The Bertz CT molecular complexity index is 622. The summed E-state index contributed by atoms with van der Waals surface area (Å²) < 4.78 is 18.0. The Hall–Kier alpha value is -0.980. The van der Waals surface area contributed by atoms with Crippen molar-refractivity contribution in [1.29, 1.82) is 0 Å². The lowest BCUT2D eigenvalue weighted by atomic mass is 10.3. The summed E-state index contributed by atoms with van der Waals surface area (Å²) in [6.07, 6.45) is 0. The average Bonchev–Trinajstić information content (AvgIpc) is 2.85. The molecular formula is C13H11BrO3S2. The summed E-state index contributed by atoms with van der Waals surface area (Å²) in [4.78, 5) is 13.2. The van der Waals surface area contributed by atoms with Gasteiger partial charge in [-0.3, -0.25) is 9.00 Å². The van der Waals surface area contributed by atoms with Gasteiger partial charge in [0.15, 0.2) is 5.78 Å². The maximum Gasteiger partial charge on any atom is 0.186 e. The molecule has 0 aliphatic carbocycles. The molecule has 19 heavy (non-hydrogen) atoms. The number of benzene rings is 1. The number of ether oxygens (including phenoxy) is 1. The lowest BCUT2D eigenvalue weighted by Gasteiger charge is -2.04. The minimum Gasteiger partial charge on any atom is -0.497 e. The molecular weight excluding hydrogens is 348 g/mol. The van der Waals surface area contributed by atoms with Gasteiger partial charge < -0.3 is 4.74 Å². The van der Waals surface area contributed by atoms with Gasteiger partial charge in [0.1, 0.15) is 5.75 Å². The molecule has 1 heterocycles. The number of methoxy groups -OCH3 is 1. The van der Waals surface area contributed by atoms with E-state index in [0.717, 1.165) is 4.47 Å². The highest BCUT2D eigenvalue weighted by Gasteiger charge is 2.16. The van der Waals surface area contributed by atoms with Crippen LogP contribution in [0.25, 0.3) is 0 Å². The van der Waals surface area contributed by atoms with Crippen molar-refractivity contribution in [3.63, 3.8) is 0 Å². The van der Waals surface area contributed by atoms with Gasteiger partial charge in [0.25, 0.3) is 0 Å². The van der Waals surface area contributed by atoms with Crippen molar-refractivity contribution in [3.8, 4) is 5.75 Å². The number of ketones is 1. The molecule has 6 heteroatoms. The van der Waals surface area contributed by atoms with Crippen molar-refractivity contribution in [3.05, 3.63) is 45.1 Å². The van der Waals surface area contributed by atoms with Crippen molar-refractivity contribution in [1.82, 2.24) is 0 Å². The van der Waals surface area contributed by atoms with Crippen molar-refractivity contribution in [2.75, 3.05) is 12.9 Å². The van der Waals surface area contributed by atoms with Crippen molar-refractivity contribution < 1.29 is 13.7 Å². The summed E-state index contributed by atoms with van der Waals surface area (Å²) >= 11 is 4.65. The molecule has 100 valence electrons. The maximum atomic E-state index is 12.2. The highest BCUT2D eigenvalue weighted by atomic mass is 79.9. The summed E-state index contributed by atoms with van der Waals surface area (Å²) in [5.74, 6) is 0.491. The molecule has 2 rings (SSSR count). The van der Waals surface area contributed by atoms with Crippen molar-refractivity contribution >= 4 is 43.8 Å². The third kappa shape index (κ3) is 3.52. The van der Waals surface area contributed by atoms with Gasteiger partial charge in [-0.25, -0.2) is 0 Å². The summed E-state index contributed by atoms with van der Waals surface area (Å²) in [6.45, 7) is 0. The van der Waals surface area contributed by atoms with Gasteiger partial charge in [-0.05, 0) is 45.6 Å².